The zero-order valence-electron chi connectivity index (χ0n) is 12.3. The van der Waals surface area contributed by atoms with Gasteiger partial charge in [-0.15, -0.1) is 0 Å². The Hall–Kier alpha value is -0.650. The van der Waals surface area contributed by atoms with Crippen molar-refractivity contribution in [2.45, 2.75) is 26.3 Å². The van der Waals surface area contributed by atoms with Crippen LogP contribution < -0.4 is 10.6 Å². The normalized spacial score (nSPS) is 18.1. The Morgan fingerprint density at radius 2 is 2.00 bits per heavy atom. The van der Waals surface area contributed by atoms with Gasteiger partial charge in [0, 0.05) is 39.3 Å². The lowest BCUT2D eigenvalue weighted by atomic mass is 10.0. The molecule has 0 unspecified atom stereocenters. The lowest BCUT2D eigenvalue weighted by Gasteiger charge is -2.39. The molecule has 18 heavy (non-hydrogen) atoms. The molecular formula is C13H28N4O. The Morgan fingerprint density at radius 1 is 1.39 bits per heavy atom. The highest BCUT2D eigenvalue weighted by Gasteiger charge is 2.34. The van der Waals surface area contributed by atoms with Gasteiger partial charge in [0.05, 0.1) is 5.54 Å². The third kappa shape index (κ3) is 4.23. The highest BCUT2D eigenvalue weighted by Crippen LogP contribution is 2.14. The summed E-state index contributed by atoms with van der Waals surface area (Å²) in [4.78, 5) is 16.7. The molecule has 1 amide bonds. The van der Waals surface area contributed by atoms with E-state index in [1.807, 2.05) is 13.8 Å². The van der Waals surface area contributed by atoms with Gasteiger partial charge in [0.15, 0.2) is 0 Å². The maximum atomic E-state index is 12.2. The molecule has 0 aromatic rings. The molecule has 0 aliphatic carbocycles. The number of carbonyl (C=O) groups is 1. The summed E-state index contributed by atoms with van der Waals surface area (Å²) in [5.41, 5.74) is -0.410. The van der Waals surface area contributed by atoms with Crippen molar-refractivity contribution in [1.29, 1.82) is 0 Å². The van der Waals surface area contributed by atoms with Crippen molar-refractivity contribution in [2.75, 3.05) is 52.9 Å². The minimum atomic E-state index is -0.410. The standard InChI is InChI=1S/C13H28N4O/c1-5-16(4)9-8-15-12(18)13(2,3)17-10-6-14-7-11-17/h14H,5-11H2,1-4H3,(H,15,18). The van der Waals surface area contributed by atoms with E-state index in [1.54, 1.807) is 0 Å². The quantitative estimate of drug-likeness (QED) is 0.687. The molecule has 0 bridgehead atoms. The van der Waals surface area contributed by atoms with Crippen molar-refractivity contribution in [3.63, 3.8) is 0 Å². The molecule has 106 valence electrons. The van der Waals surface area contributed by atoms with Crippen molar-refractivity contribution in [2.24, 2.45) is 0 Å². The van der Waals surface area contributed by atoms with Crippen LogP contribution in [0.15, 0.2) is 0 Å². The molecule has 1 rings (SSSR count). The van der Waals surface area contributed by atoms with Crippen LogP contribution in [0.5, 0.6) is 0 Å². The molecule has 1 saturated heterocycles. The highest BCUT2D eigenvalue weighted by molar-refractivity contribution is 5.85. The van der Waals surface area contributed by atoms with Gasteiger partial charge in [0.25, 0.3) is 0 Å². The van der Waals surface area contributed by atoms with Crippen LogP contribution in [-0.4, -0.2) is 74.1 Å². The monoisotopic (exact) mass is 256 g/mol. The third-order valence-corrected chi connectivity index (χ3v) is 3.78. The van der Waals surface area contributed by atoms with E-state index >= 15 is 0 Å². The Balaban J connectivity index is 2.38. The molecule has 5 nitrogen and oxygen atoms in total. The number of nitrogens with one attached hydrogen (secondary N) is 2. The lowest BCUT2D eigenvalue weighted by Crippen LogP contribution is -2.60. The first-order valence-corrected chi connectivity index (χ1v) is 6.91. The van der Waals surface area contributed by atoms with E-state index in [9.17, 15) is 4.79 Å². The Labute approximate surface area is 111 Å². The second-order valence-corrected chi connectivity index (χ2v) is 5.45. The van der Waals surface area contributed by atoms with Crippen molar-refractivity contribution in [1.82, 2.24) is 20.4 Å². The number of likely N-dealkylation sites (N-methyl/N-ethyl adjacent to an activating group) is 1. The molecule has 1 aliphatic rings. The number of carbonyl (C=O) groups excluding carboxylic acids is 1. The van der Waals surface area contributed by atoms with Gasteiger partial charge in [-0.05, 0) is 27.4 Å². The maximum Gasteiger partial charge on any atom is 0.239 e. The Morgan fingerprint density at radius 3 is 2.56 bits per heavy atom. The van der Waals surface area contributed by atoms with Gasteiger partial charge in [-0.25, -0.2) is 0 Å². The van der Waals surface area contributed by atoms with Gasteiger partial charge in [-0.3, -0.25) is 9.69 Å². The van der Waals surface area contributed by atoms with Crippen LogP contribution in [0, 0.1) is 0 Å². The van der Waals surface area contributed by atoms with Crippen LogP contribution in [0.1, 0.15) is 20.8 Å². The maximum absolute atomic E-state index is 12.2. The van der Waals surface area contributed by atoms with Crippen molar-refractivity contribution >= 4 is 5.91 Å². The van der Waals surface area contributed by atoms with Crippen LogP contribution in [0.2, 0.25) is 0 Å². The zero-order valence-corrected chi connectivity index (χ0v) is 12.3. The number of nitrogens with zero attached hydrogens (tertiary/aromatic N) is 2. The molecule has 0 atom stereocenters. The summed E-state index contributed by atoms with van der Waals surface area (Å²) in [6, 6.07) is 0. The van der Waals surface area contributed by atoms with Gasteiger partial charge < -0.3 is 15.5 Å². The van der Waals surface area contributed by atoms with E-state index in [0.29, 0.717) is 0 Å². The van der Waals surface area contributed by atoms with Gasteiger partial charge in [-0.1, -0.05) is 6.92 Å². The smallest absolute Gasteiger partial charge is 0.239 e. The number of hydrogen-bond donors (Lipinski definition) is 2. The molecule has 0 saturated carbocycles. The van der Waals surface area contributed by atoms with Gasteiger partial charge in [-0.2, -0.15) is 0 Å². The van der Waals surface area contributed by atoms with E-state index in [0.717, 1.165) is 45.8 Å². The largest absolute Gasteiger partial charge is 0.353 e. The van der Waals surface area contributed by atoms with Crippen LogP contribution >= 0.6 is 0 Å². The minimum Gasteiger partial charge on any atom is -0.353 e. The minimum absolute atomic E-state index is 0.133. The van der Waals surface area contributed by atoms with Gasteiger partial charge in [0.2, 0.25) is 5.91 Å². The van der Waals surface area contributed by atoms with Crippen molar-refractivity contribution < 1.29 is 4.79 Å². The first-order valence-electron chi connectivity index (χ1n) is 6.91. The van der Waals surface area contributed by atoms with E-state index < -0.39 is 5.54 Å². The fourth-order valence-electron chi connectivity index (χ4n) is 2.10. The summed E-state index contributed by atoms with van der Waals surface area (Å²) in [5, 5.41) is 6.35. The Kier molecular flexibility index (Phi) is 6.05. The number of amides is 1. The molecule has 0 aromatic heterocycles. The molecule has 2 N–H and O–H groups in total. The summed E-state index contributed by atoms with van der Waals surface area (Å²) in [6.45, 7) is 12.6. The molecule has 0 spiro atoms. The van der Waals surface area contributed by atoms with Crippen LogP contribution in [0.25, 0.3) is 0 Å². The molecule has 1 aliphatic heterocycles. The van der Waals surface area contributed by atoms with E-state index in [2.05, 4.69) is 34.4 Å². The fraction of sp³-hybridized carbons (Fsp3) is 0.923. The number of rotatable bonds is 6. The second-order valence-electron chi connectivity index (χ2n) is 5.45. The lowest BCUT2D eigenvalue weighted by molar-refractivity contribution is -0.132. The van der Waals surface area contributed by atoms with E-state index in [1.165, 1.54) is 0 Å². The predicted molar refractivity (Wildman–Crippen MR) is 74.7 cm³/mol. The van der Waals surface area contributed by atoms with E-state index in [4.69, 9.17) is 0 Å². The molecule has 5 heteroatoms. The number of hydrogen-bond acceptors (Lipinski definition) is 4. The van der Waals surface area contributed by atoms with Crippen LogP contribution in [0.3, 0.4) is 0 Å². The van der Waals surface area contributed by atoms with Gasteiger partial charge >= 0.3 is 0 Å². The summed E-state index contributed by atoms with van der Waals surface area (Å²) < 4.78 is 0. The van der Waals surface area contributed by atoms with Crippen LogP contribution in [-0.2, 0) is 4.79 Å². The average molecular weight is 256 g/mol. The van der Waals surface area contributed by atoms with Crippen LogP contribution in [0.4, 0.5) is 0 Å². The predicted octanol–water partition coefficient (Wildman–Crippen LogP) is -0.262. The zero-order chi connectivity index (χ0) is 13.6. The van der Waals surface area contributed by atoms with Crippen molar-refractivity contribution in [3.05, 3.63) is 0 Å². The van der Waals surface area contributed by atoms with Crippen molar-refractivity contribution in [3.8, 4) is 0 Å². The Bertz CT molecular complexity index is 262. The molecule has 1 fully saturated rings. The molecular weight excluding hydrogens is 228 g/mol. The third-order valence-electron chi connectivity index (χ3n) is 3.78. The summed E-state index contributed by atoms with van der Waals surface area (Å²) in [7, 11) is 2.06. The SMILES string of the molecule is CCN(C)CCNC(=O)C(C)(C)N1CCNCC1. The molecule has 1 heterocycles. The molecule has 0 radical (unpaired) electrons. The van der Waals surface area contributed by atoms with E-state index in [-0.39, 0.29) is 5.91 Å². The topological polar surface area (TPSA) is 47.6 Å². The first kappa shape index (κ1) is 15.4. The van der Waals surface area contributed by atoms with Gasteiger partial charge in [0.1, 0.15) is 0 Å². The molecule has 0 aromatic carbocycles. The second kappa shape index (κ2) is 7.07. The first-order chi connectivity index (χ1) is 8.48. The fourth-order valence-corrected chi connectivity index (χ4v) is 2.10. The number of piperazine rings is 1. The average Bonchev–Trinajstić information content (AvgIpc) is 2.39. The summed E-state index contributed by atoms with van der Waals surface area (Å²) in [6.07, 6.45) is 0. The summed E-state index contributed by atoms with van der Waals surface area (Å²) in [5.74, 6) is 0.133. The summed E-state index contributed by atoms with van der Waals surface area (Å²) >= 11 is 0. The highest BCUT2D eigenvalue weighted by atomic mass is 16.2.